The lowest BCUT2D eigenvalue weighted by molar-refractivity contribution is -0.122. The topological polar surface area (TPSA) is 58.6 Å². The van der Waals surface area contributed by atoms with Gasteiger partial charge in [-0.05, 0) is 12.1 Å². The van der Waals surface area contributed by atoms with Crippen LogP contribution in [0.25, 0.3) is 0 Å². The van der Waals surface area contributed by atoms with Gasteiger partial charge in [0.15, 0.2) is 0 Å². The summed E-state index contributed by atoms with van der Waals surface area (Å²) in [7, 11) is 1.52. The number of benzene rings is 1. The van der Waals surface area contributed by atoms with Gasteiger partial charge >= 0.3 is 0 Å². The molecule has 0 aromatic heterocycles. The maximum atomic E-state index is 11.3. The van der Waals surface area contributed by atoms with E-state index >= 15 is 0 Å². The van der Waals surface area contributed by atoms with Crippen LogP contribution >= 0.6 is 23.2 Å². The van der Waals surface area contributed by atoms with E-state index in [-0.39, 0.29) is 18.9 Å². The van der Waals surface area contributed by atoms with Gasteiger partial charge in [0.25, 0.3) is 0 Å². The van der Waals surface area contributed by atoms with Gasteiger partial charge in [-0.3, -0.25) is 4.79 Å². The van der Waals surface area contributed by atoms with Crippen LogP contribution in [0.15, 0.2) is 18.2 Å². The zero-order valence-electron chi connectivity index (χ0n) is 9.95. The van der Waals surface area contributed by atoms with E-state index in [0.29, 0.717) is 22.2 Å². The molecule has 0 bridgehead atoms. The highest BCUT2D eigenvalue weighted by Crippen LogP contribution is 2.29. The van der Waals surface area contributed by atoms with Gasteiger partial charge in [-0.1, -0.05) is 29.3 Å². The van der Waals surface area contributed by atoms with Crippen molar-refractivity contribution >= 4 is 29.1 Å². The predicted octanol–water partition coefficient (Wildman–Crippen LogP) is 2.18. The molecular formula is C12H15Cl2NO3. The highest BCUT2D eigenvalue weighted by atomic mass is 35.5. The number of amides is 1. The van der Waals surface area contributed by atoms with Crippen molar-refractivity contribution in [1.82, 2.24) is 5.32 Å². The molecule has 0 unspecified atom stereocenters. The predicted molar refractivity (Wildman–Crippen MR) is 70.9 cm³/mol. The number of hydrogen-bond donors (Lipinski definition) is 2. The minimum atomic E-state index is -0.933. The van der Waals surface area contributed by atoms with Crippen molar-refractivity contribution in [1.29, 1.82) is 0 Å². The molecule has 4 nitrogen and oxygen atoms in total. The molecule has 6 heteroatoms. The van der Waals surface area contributed by atoms with Crippen LogP contribution in [-0.4, -0.2) is 31.3 Å². The third kappa shape index (κ3) is 4.46. The maximum Gasteiger partial charge on any atom is 0.222 e. The van der Waals surface area contributed by atoms with Crippen LogP contribution in [0.3, 0.4) is 0 Å². The molecule has 0 saturated carbocycles. The Morgan fingerprint density at radius 2 is 2.06 bits per heavy atom. The second kappa shape index (κ2) is 7.59. The Morgan fingerprint density at radius 3 is 2.61 bits per heavy atom. The van der Waals surface area contributed by atoms with Gasteiger partial charge in [-0.15, -0.1) is 0 Å². The average molecular weight is 292 g/mol. The SMILES string of the molecule is COCCC(=O)NC[C@@H](O)c1c(Cl)cccc1Cl. The number of nitrogens with one attached hydrogen (secondary N) is 1. The molecule has 1 amide bonds. The van der Waals surface area contributed by atoms with Crippen LogP contribution in [0.1, 0.15) is 18.1 Å². The Labute approximate surface area is 116 Å². The summed E-state index contributed by atoms with van der Waals surface area (Å²) >= 11 is 11.9. The molecule has 0 spiro atoms. The van der Waals surface area contributed by atoms with Crippen LogP contribution in [0.4, 0.5) is 0 Å². The fourth-order valence-electron chi connectivity index (χ4n) is 1.42. The zero-order valence-corrected chi connectivity index (χ0v) is 11.5. The Morgan fingerprint density at radius 1 is 1.44 bits per heavy atom. The van der Waals surface area contributed by atoms with Crippen molar-refractivity contribution in [2.24, 2.45) is 0 Å². The van der Waals surface area contributed by atoms with E-state index in [0.717, 1.165) is 0 Å². The van der Waals surface area contributed by atoms with Gasteiger partial charge in [0.05, 0.1) is 12.7 Å². The summed E-state index contributed by atoms with van der Waals surface area (Å²) in [6.45, 7) is 0.404. The summed E-state index contributed by atoms with van der Waals surface area (Å²) in [6, 6.07) is 4.97. The number of aliphatic hydroxyl groups excluding tert-OH is 1. The van der Waals surface area contributed by atoms with E-state index in [4.69, 9.17) is 27.9 Å². The quantitative estimate of drug-likeness (QED) is 0.845. The number of halogens is 2. The Hall–Kier alpha value is -0.810. The third-order valence-electron chi connectivity index (χ3n) is 2.36. The van der Waals surface area contributed by atoms with Gasteiger partial charge in [0, 0.05) is 35.7 Å². The van der Waals surface area contributed by atoms with Gasteiger partial charge in [-0.25, -0.2) is 0 Å². The van der Waals surface area contributed by atoms with E-state index in [2.05, 4.69) is 5.32 Å². The summed E-state index contributed by atoms with van der Waals surface area (Å²) in [6.07, 6.45) is -0.683. The van der Waals surface area contributed by atoms with Crippen molar-refractivity contribution in [2.45, 2.75) is 12.5 Å². The molecule has 0 aliphatic carbocycles. The number of carbonyl (C=O) groups excluding carboxylic acids is 1. The molecule has 2 N–H and O–H groups in total. The highest BCUT2D eigenvalue weighted by Gasteiger charge is 2.16. The molecule has 1 aromatic rings. The van der Waals surface area contributed by atoms with Crippen molar-refractivity contribution in [3.63, 3.8) is 0 Å². The number of carbonyl (C=O) groups is 1. The molecule has 0 aliphatic heterocycles. The summed E-state index contributed by atoms with van der Waals surface area (Å²) < 4.78 is 4.78. The summed E-state index contributed by atoms with van der Waals surface area (Å²) in [5, 5.41) is 13.3. The monoisotopic (exact) mass is 291 g/mol. The normalized spacial score (nSPS) is 12.2. The Kier molecular flexibility index (Phi) is 6.43. The molecule has 0 aliphatic rings. The molecule has 0 fully saturated rings. The summed E-state index contributed by atoms with van der Waals surface area (Å²) in [4.78, 5) is 11.3. The highest BCUT2D eigenvalue weighted by molar-refractivity contribution is 6.36. The molecule has 1 atom stereocenters. The van der Waals surface area contributed by atoms with Crippen molar-refractivity contribution in [3.8, 4) is 0 Å². The van der Waals surface area contributed by atoms with Crippen LogP contribution in [0.2, 0.25) is 10.0 Å². The van der Waals surface area contributed by atoms with Gasteiger partial charge in [-0.2, -0.15) is 0 Å². The minimum absolute atomic E-state index is 0.0615. The third-order valence-corrected chi connectivity index (χ3v) is 3.02. The first-order valence-corrected chi connectivity index (χ1v) is 6.19. The first-order valence-electron chi connectivity index (χ1n) is 5.44. The van der Waals surface area contributed by atoms with Gasteiger partial charge in [0.2, 0.25) is 5.91 Å². The van der Waals surface area contributed by atoms with Gasteiger partial charge in [0.1, 0.15) is 0 Å². The van der Waals surface area contributed by atoms with Crippen LogP contribution in [-0.2, 0) is 9.53 Å². The van der Waals surface area contributed by atoms with Crippen molar-refractivity contribution < 1.29 is 14.6 Å². The maximum absolute atomic E-state index is 11.3. The summed E-state index contributed by atoms with van der Waals surface area (Å²) in [5.74, 6) is -0.195. The van der Waals surface area contributed by atoms with E-state index in [1.807, 2.05) is 0 Å². The van der Waals surface area contributed by atoms with E-state index < -0.39 is 6.10 Å². The van der Waals surface area contributed by atoms with E-state index in [1.54, 1.807) is 18.2 Å². The lowest BCUT2D eigenvalue weighted by Gasteiger charge is -2.15. The summed E-state index contributed by atoms with van der Waals surface area (Å²) in [5.41, 5.74) is 0.424. The zero-order chi connectivity index (χ0) is 13.5. The first-order chi connectivity index (χ1) is 8.56. The Bertz CT molecular complexity index is 392. The second-order valence-corrected chi connectivity index (χ2v) is 4.51. The molecule has 0 radical (unpaired) electrons. The van der Waals surface area contributed by atoms with Gasteiger partial charge < -0.3 is 15.2 Å². The molecule has 1 aromatic carbocycles. The van der Waals surface area contributed by atoms with E-state index in [9.17, 15) is 9.90 Å². The number of rotatable bonds is 6. The van der Waals surface area contributed by atoms with E-state index in [1.165, 1.54) is 7.11 Å². The van der Waals surface area contributed by atoms with Crippen LogP contribution < -0.4 is 5.32 Å². The van der Waals surface area contributed by atoms with Crippen molar-refractivity contribution in [3.05, 3.63) is 33.8 Å². The molecule has 100 valence electrons. The first kappa shape index (κ1) is 15.2. The molecule has 18 heavy (non-hydrogen) atoms. The molecule has 1 rings (SSSR count). The molecule has 0 heterocycles. The smallest absolute Gasteiger partial charge is 0.222 e. The average Bonchev–Trinajstić information content (AvgIpc) is 2.33. The number of ether oxygens (including phenoxy) is 1. The molecular weight excluding hydrogens is 277 g/mol. The fourth-order valence-corrected chi connectivity index (χ4v) is 2.07. The lowest BCUT2D eigenvalue weighted by atomic mass is 10.1. The Balaban J connectivity index is 2.55. The second-order valence-electron chi connectivity index (χ2n) is 3.70. The minimum Gasteiger partial charge on any atom is -0.386 e. The van der Waals surface area contributed by atoms with Crippen molar-refractivity contribution in [2.75, 3.05) is 20.3 Å². The molecule has 0 saturated heterocycles. The largest absolute Gasteiger partial charge is 0.386 e. The lowest BCUT2D eigenvalue weighted by Crippen LogP contribution is -2.29. The van der Waals surface area contributed by atoms with Crippen LogP contribution in [0.5, 0.6) is 0 Å². The number of hydrogen-bond acceptors (Lipinski definition) is 3. The fraction of sp³-hybridized carbons (Fsp3) is 0.417. The standard InChI is InChI=1S/C12H15Cl2NO3/c1-18-6-5-11(17)15-7-10(16)12-8(13)3-2-4-9(12)14/h2-4,10,16H,5-7H2,1H3,(H,15,17)/t10-/m1/s1. The van der Waals surface area contributed by atoms with Crippen LogP contribution in [0, 0.1) is 0 Å². The number of aliphatic hydroxyl groups is 1. The number of methoxy groups -OCH3 is 1.